The van der Waals surface area contributed by atoms with Crippen LogP contribution in [0.15, 0.2) is 0 Å². The Bertz CT molecular complexity index is 200. The topological polar surface area (TPSA) is 37.3 Å². The maximum atomic E-state index is 10.6. The quantitative estimate of drug-likeness (QED) is 0.687. The minimum Gasteiger partial charge on any atom is -0.481 e. The Morgan fingerprint density at radius 1 is 1.42 bits per heavy atom. The normalized spacial score (nSPS) is 39.8. The lowest BCUT2D eigenvalue weighted by Gasteiger charge is -2.11. The smallest absolute Gasteiger partial charge is 0.303 e. The third kappa shape index (κ3) is 1.35. The zero-order chi connectivity index (χ0) is 8.60. The van der Waals surface area contributed by atoms with Gasteiger partial charge in [-0.25, -0.2) is 0 Å². The van der Waals surface area contributed by atoms with Crippen LogP contribution in [-0.2, 0) is 4.79 Å². The molecule has 12 heavy (non-hydrogen) atoms. The van der Waals surface area contributed by atoms with Crippen LogP contribution < -0.4 is 0 Å². The van der Waals surface area contributed by atoms with Crippen LogP contribution in [0.1, 0.15) is 44.9 Å². The van der Waals surface area contributed by atoms with E-state index in [9.17, 15) is 4.79 Å². The van der Waals surface area contributed by atoms with Gasteiger partial charge in [-0.15, -0.1) is 0 Å². The van der Waals surface area contributed by atoms with E-state index in [0.717, 1.165) is 5.92 Å². The second-order valence-corrected chi connectivity index (χ2v) is 4.43. The molecule has 2 atom stereocenters. The van der Waals surface area contributed by atoms with E-state index in [-0.39, 0.29) is 5.41 Å². The molecule has 0 aliphatic heterocycles. The predicted octanol–water partition coefficient (Wildman–Crippen LogP) is 2.43. The molecule has 68 valence electrons. The third-order valence-electron chi connectivity index (χ3n) is 3.59. The second-order valence-electron chi connectivity index (χ2n) is 4.43. The first-order valence-electron chi connectivity index (χ1n) is 4.95. The van der Waals surface area contributed by atoms with Crippen LogP contribution in [-0.4, -0.2) is 11.1 Å². The van der Waals surface area contributed by atoms with Crippen molar-refractivity contribution >= 4 is 5.97 Å². The van der Waals surface area contributed by atoms with Crippen LogP contribution in [0.4, 0.5) is 0 Å². The van der Waals surface area contributed by atoms with Crippen LogP contribution in [0.25, 0.3) is 0 Å². The molecule has 0 radical (unpaired) electrons. The molecular weight excluding hydrogens is 152 g/mol. The number of carboxylic acid groups (broad SMARTS) is 1. The summed E-state index contributed by atoms with van der Waals surface area (Å²) < 4.78 is 0. The van der Waals surface area contributed by atoms with Crippen molar-refractivity contribution in [3.8, 4) is 0 Å². The molecule has 0 aromatic rings. The van der Waals surface area contributed by atoms with E-state index in [1.807, 2.05) is 0 Å². The molecule has 0 heterocycles. The number of aliphatic carboxylic acids is 1. The molecule has 0 spiro atoms. The Kier molecular flexibility index (Phi) is 1.85. The first kappa shape index (κ1) is 8.09. The standard InChI is InChI=1S/C10H16O2/c11-9(12)7-10-5-3-1-2-4-8(10)6-10/h8H,1-7H2,(H,11,12). The van der Waals surface area contributed by atoms with Gasteiger partial charge in [0.2, 0.25) is 0 Å². The molecular formula is C10H16O2. The number of fused-ring (bicyclic) bond motifs is 1. The van der Waals surface area contributed by atoms with Crippen molar-refractivity contribution < 1.29 is 9.90 Å². The van der Waals surface area contributed by atoms with Gasteiger partial charge in [0.1, 0.15) is 0 Å². The minimum absolute atomic E-state index is 0.252. The van der Waals surface area contributed by atoms with Crippen molar-refractivity contribution in [3.63, 3.8) is 0 Å². The molecule has 2 aliphatic carbocycles. The molecule has 2 rings (SSSR count). The van der Waals surface area contributed by atoms with Crippen molar-refractivity contribution in [3.05, 3.63) is 0 Å². The summed E-state index contributed by atoms with van der Waals surface area (Å²) in [6.07, 6.45) is 7.97. The fourth-order valence-corrected chi connectivity index (χ4v) is 2.80. The molecule has 2 saturated carbocycles. The molecule has 0 saturated heterocycles. The Balaban J connectivity index is 1.97. The van der Waals surface area contributed by atoms with Crippen LogP contribution in [0.3, 0.4) is 0 Å². The van der Waals surface area contributed by atoms with Crippen molar-refractivity contribution in [2.45, 2.75) is 44.9 Å². The molecule has 0 aromatic carbocycles. The summed E-state index contributed by atoms with van der Waals surface area (Å²) in [6.45, 7) is 0. The molecule has 0 amide bonds. The molecule has 2 aliphatic rings. The molecule has 2 nitrogen and oxygen atoms in total. The van der Waals surface area contributed by atoms with E-state index < -0.39 is 5.97 Å². The number of hydrogen-bond donors (Lipinski definition) is 1. The summed E-state index contributed by atoms with van der Waals surface area (Å²) in [7, 11) is 0. The van der Waals surface area contributed by atoms with Crippen molar-refractivity contribution in [2.75, 3.05) is 0 Å². The molecule has 0 aromatic heterocycles. The summed E-state index contributed by atoms with van der Waals surface area (Å²) in [6, 6.07) is 0. The summed E-state index contributed by atoms with van der Waals surface area (Å²) in [4.78, 5) is 10.6. The van der Waals surface area contributed by atoms with Gasteiger partial charge in [-0.3, -0.25) is 4.79 Å². The van der Waals surface area contributed by atoms with Gasteiger partial charge in [0, 0.05) is 0 Å². The van der Waals surface area contributed by atoms with Gasteiger partial charge in [0.05, 0.1) is 6.42 Å². The van der Waals surface area contributed by atoms with Crippen molar-refractivity contribution in [1.82, 2.24) is 0 Å². The lowest BCUT2D eigenvalue weighted by Crippen LogP contribution is -2.10. The van der Waals surface area contributed by atoms with E-state index in [2.05, 4.69) is 0 Å². The lowest BCUT2D eigenvalue weighted by molar-refractivity contribution is -0.138. The molecule has 2 heteroatoms. The highest BCUT2D eigenvalue weighted by molar-refractivity contribution is 5.68. The average Bonchev–Trinajstić information content (AvgIpc) is 2.59. The van der Waals surface area contributed by atoms with Gasteiger partial charge in [0.15, 0.2) is 0 Å². The van der Waals surface area contributed by atoms with E-state index in [1.165, 1.54) is 38.5 Å². The van der Waals surface area contributed by atoms with E-state index in [4.69, 9.17) is 5.11 Å². The second kappa shape index (κ2) is 2.75. The zero-order valence-electron chi connectivity index (χ0n) is 7.38. The predicted molar refractivity (Wildman–Crippen MR) is 45.9 cm³/mol. The van der Waals surface area contributed by atoms with Crippen molar-refractivity contribution in [2.24, 2.45) is 11.3 Å². The van der Waals surface area contributed by atoms with Crippen molar-refractivity contribution in [1.29, 1.82) is 0 Å². The number of carboxylic acids is 1. The van der Waals surface area contributed by atoms with Crippen LogP contribution in [0.2, 0.25) is 0 Å². The van der Waals surface area contributed by atoms with E-state index in [1.54, 1.807) is 0 Å². The fraction of sp³-hybridized carbons (Fsp3) is 0.900. The first-order chi connectivity index (χ1) is 5.73. The highest BCUT2D eigenvalue weighted by atomic mass is 16.4. The van der Waals surface area contributed by atoms with Gasteiger partial charge in [-0.05, 0) is 30.6 Å². The lowest BCUT2D eigenvalue weighted by atomic mass is 9.94. The van der Waals surface area contributed by atoms with Gasteiger partial charge < -0.3 is 5.11 Å². The molecule has 2 unspecified atom stereocenters. The van der Waals surface area contributed by atoms with Gasteiger partial charge in [-0.1, -0.05) is 19.3 Å². The maximum Gasteiger partial charge on any atom is 0.303 e. The Labute approximate surface area is 73.0 Å². The number of carbonyl (C=O) groups is 1. The average molecular weight is 168 g/mol. The SMILES string of the molecule is O=C(O)CC12CCCCCC1C2. The van der Waals surface area contributed by atoms with Gasteiger partial charge in [0.25, 0.3) is 0 Å². The summed E-state index contributed by atoms with van der Waals surface area (Å²) in [5.74, 6) is 0.163. The number of hydrogen-bond acceptors (Lipinski definition) is 1. The third-order valence-corrected chi connectivity index (χ3v) is 3.59. The number of rotatable bonds is 2. The molecule has 2 fully saturated rings. The highest BCUT2D eigenvalue weighted by Crippen LogP contribution is 2.62. The van der Waals surface area contributed by atoms with Gasteiger partial charge in [-0.2, -0.15) is 0 Å². The molecule has 0 bridgehead atoms. The van der Waals surface area contributed by atoms with Gasteiger partial charge >= 0.3 is 5.97 Å². The maximum absolute atomic E-state index is 10.6. The minimum atomic E-state index is -0.598. The zero-order valence-corrected chi connectivity index (χ0v) is 7.38. The monoisotopic (exact) mass is 168 g/mol. The Morgan fingerprint density at radius 3 is 3.00 bits per heavy atom. The van der Waals surface area contributed by atoms with Crippen LogP contribution >= 0.6 is 0 Å². The highest BCUT2D eigenvalue weighted by Gasteiger charge is 2.54. The largest absolute Gasteiger partial charge is 0.481 e. The molecule has 1 N–H and O–H groups in total. The Hall–Kier alpha value is -0.530. The fourth-order valence-electron chi connectivity index (χ4n) is 2.80. The van der Waals surface area contributed by atoms with E-state index >= 15 is 0 Å². The van der Waals surface area contributed by atoms with E-state index in [0.29, 0.717) is 6.42 Å². The summed E-state index contributed by atoms with van der Waals surface area (Å²) >= 11 is 0. The Morgan fingerprint density at radius 2 is 2.25 bits per heavy atom. The van der Waals surface area contributed by atoms with Crippen LogP contribution in [0.5, 0.6) is 0 Å². The summed E-state index contributed by atoms with van der Waals surface area (Å²) in [5, 5.41) is 8.75. The summed E-state index contributed by atoms with van der Waals surface area (Å²) in [5.41, 5.74) is 0.252. The van der Waals surface area contributed by atoms with Crippen LogP contribution in [0, 0.1) is 11.3 Å². The first-order valence-corrected chi connectivity index (χ1v) is 4.95.